The van der Waals surface area contributed by atoms with E-state index in [2.05, 4.69) is 10.2 Å². The van der Waals surface area contributed by atoms with Crippen molar-refractivity contribution in [1.29, 1.82) is 0 Å². The molecule has 1 heterocycles. The SMILES string of the molecule is Cc1ccc(NC(=O)C[NH+]2CCN(c3cccc(Cl)c3)CC2)c(F)c1. The lowest BCUT2D eigenvalue weighted by Crippen LogP contribution is -3.15. The van der Waals surface area contributed by atoms with E-state index in [4.69, 9.17) is 11.6 Å². The minimum atomic E-state index is -0.394. The molecule has 132 valence electrons. The van der Waals surface area contributed by atoms with Crippen LogP contribution in [0.5, 0.6) is 0 Å². The van der Waals surface area contributed by atoms with Gasteiger partial charge in [-0.2, -0.15) is 0 Å². The number of nitrogens with one attached hydrogen (secondary N) is 2. The Hall–Kier alpha value is -2.11. The monoisotopic (exact) mass is 362 g/mol. The lowest BCUT2D eigenvalue weighted by molar-refractivity contribution is -0.892. The largest absolute Gasteiger partial charge is 0.360 e. The number of amides is 1. The maximum atomic E-state index is 13.8. The van der Waals surface area contributed by atoms with Crippen LogP contribution in [0.4, 0.5) is 15.8 Å². The van der Waals surface area contributed by atoms with Gasteiger partial charge in [0.05, 0.1) is 31.9 Å². The minimum Gasteiger partial charge on any atom is -0.360 e. The fourth-order valence-electron chi connectivity index (χ4n) is 3.07. The molecule has 25 heavy (non-hydrogen) atoms. The number of quaternary nitrogens is 1. The van der Waals surface area contributed by atoms with Gasteiger partial charge in [-0.15, -0.1) is 0 Å². The van der Waals surface area contributed by atoms with Gasteiger partial charge in [-0.25, -0.2) is 4.39 Å². The number of piperazine rings is 1. The summed E-state index contributed by atoms with van der Waals surface area (Å²) in [5.41, 5.74) is 2.18. The Morgan fingerprint density at radius 3 is 2.68 bits per heavy atom. The Kier molecular flexibility index (Phi) is 5.56. The number of nitrogens with zero attached hydrogens (tertiary/aromatic N) is 1. The molecule has 2 N–H and O–H groups in total. The number of carbonyl (C=O) groups is 1. The summed E-state index contributed by atoms with van der Waals surface area (Å²) in [6.45, 7) is 5.60. The summed E-state index contributed by atoms with van der Waals surface area (Å²) >= 11 is 6.05. The van der Waals surface area contributed by atoms with Crippen LogP contribution in [0.25, 0.3) is 0 Å². The molecule has 2 aromatic carbocycles. The van der Waals surface area contributed by atoms with Crippen molar-refractivity contribution in [3.63, 3.8) is 0 Å². The van der Waals surface area contributed by atoms with E-state index in [1.54, 1.807) is 12.1 Å². The lowest BCUT2D eigenvalue weighted by Gasteiger charge is -2.33. The maximum Gasteiger partial charge on any atom is 0.279 e. The third-order valence-electron chi connectivity index (χ3n) is 4.45. The normalized spacial score (nSPS) is 15.2. The van der Waals surface area contributed by atoms with Gasteiger partial charge in [0.25, 0.3) is 5.91 Å². The molecule has 0 aromatic heterocycles. The molecule has 0 unspecified atom stereocenters. The van der Waals surface area contributed by atoms with Crippen molar-refractivity contribution in [3.05, 3.63) is 58.9 Å². The Balaban J connectivity index is 1.51. The molecule has 0 saturated carbocycles. The van der Waals surface area contributed by atoms with Crippen molar-refractivity contribution in [1.82, 2.24) is 0 Å². The summed E-state index contributed by atoms with van der Waals surface area (Å²) in [6.07, 6.45) is 0. The predicted octanol–water partition coefficient (Wildman–Crippen LogP) is 2.13. The predicted molar refractivity (Wildman–Crippen MR) is 99.0 cm³/mol. The zero-order chi connectivity index (χ0) is 17.8. The summed E-state index contributed by atoms with van der Waals surface area (Å²) in [6, 6.07) is 12.6. The van der Waals surface area contributed by atoms with Crippen molar-refractivity contribution in [2.75, 3.05) is 42.9 Å². The van der Waals surface area contributed by atoms with E-state index in [1.165, 1.54) is 11.0 Å². The van der Waals surface area contributed by atoms with Gasteiger partial charge in [0.1, 0.15) is 5.82 Å². The zero-order valence-corrected chi connectivity index (χ0v) is 14.9. The summed E-state index contributed by atoms with van der Waals surface area (Å²) in [4.78, 5) is 15.7. The standard InChI is InChI=1S/C19H21ClFN3O/c1-14-5-6-18(17(21)11-14)22-19(25)13-23-7-9-24(10-8-23)16-4-2-3-15(20)12-16/h2-6,11-12H,7-10,13H2,1H3,(H,22,25)/p+1. The highest BCUT2D eigenvalue weighted by molar-refractivity contribution is 6.30. The molecule has 1 aliphatic heterocycles. The van der Waals surface area contributed by atoms with Gasteiger partial charge in [-0.3, -0.25) is 4.79 Å². The second-order valence-corrected chi connectivity index (χ2v) is 6.86. The van der Waals surface area contributed by atoms with Crippen LogP contribution in [0.15, 0.2) is 42.5 Å². The van der Waals surface area contributed by atoms with Crippen LogP contribution in [-0.2, 0) is 4.79 Å². The van der Waals surface area contributed by atoms with Crippen molar-refractivity contribution in [2.45, 2.75) is 6.92 Å². The van der Waals surface area contributed by atoms with Crippen molar-refractivity contribution < 1.29 is 14.1 Å². The van der Waals surface area contributed by atoms with Crippen LogP contribution in [0.2, 0.25) is 5.02 Å². The quantitative estimate of drug-likeness (QED) is 0.874. The zero-order valence-electron chi connectivity index (χ0n) is 14.2. The van der Waals surface area contributed by atoms with Crippen molar-refractivity contribution in [3.8, 4) is 0 Å². The first-order valence-corrected chi connectivity index (χ1v) is 8.79. The number of hydrogen-bond donors (Lipinski definition) is 2. The van der Waals surface area contributed by atoms with Crippen molar-refractivity contribution in [2.24, 2.45) is 0 Å². The fourth-order valence-corrected chi connectivity index (χ4v) is 3.26. The van der Waals surface area contributed by atoms with Crippen LogP contribution in [-0.4, -0.2) is 38.6 Å². The van der Waals surface area contributed by atoms with Crippen LogP contribution in [0, 0.1) is 12.7 Å². The highest BCUT2D eigenvalue weighted by Crippen LogP contribution is 2.19. The number of benzene rings is 2. The fraction of sp³-hybridized carbons (Fsp3) is 0.316. The second kappa shape index (κ2) is 7.85. The lowest BCUT2D eigenvalue weighted by atomic mass is 10.2. The molecule has 1 fully saturated rings. The van der Waals surface area contributed by atoms with Gasteiger partial charge in [0.2, 0.25) is 0 Å². The maximum absolute atomic E-state index is 13.8. The third-order valence-corrected chi connectivity index (χ3v) is 4.69. The first-order chi connectivity index (χ1) is 12.0. The summed E-state index contributed by atoms with van der Waals surface area (Å²) in [7, 11) is 0. The molecule has 2 aromatic rings. The molecular weight excluding hydrogens is 341 g/mol. The number of carbonyl (C=O) groups excluding carboxylic acids is 1. The minimum absolute atomic E-state index is 0.158. The smallest absolute Gasteiger partial charge is 0.279 e. The van der Waals surface area contributed by atoms with Crippen LogP contribution < -0.4 is 15.1 Å². The van der Waals surface area contributed by atoms with Gasteiger partial charge in [0, 0.05) is 10.7 Å². The molecule has 6 heteroatoms. The van der Waals surface area contributed by atoms with Gasteiger partial charge in [-0.1, -0.05) is 23.7 Å². The molecule has 0 atom stereocenters. The van der Waals surface area contributed by atoms with Gasteiger partial charge in [0.15, 0.2) is 6.54 Å². The average molecular weight is 363 g/mol. The Labute approximate surface area is 152 Å². The number of hydrogen-bond acceptors (Lipinski definition) is 2. The molecule has 0 aliphatic carbocycles. The molecule has 1 amide bonds. The molecule has 1 aliphatic rings. The Morgan fingerprint density at radius 1 is 1.24 bits per heavy atom. The van der Waals surface area contributed by atoms with Gasteiger partial charge in [-0.05, 0) is 42.8 Å². The topological polar surface area (TPSA) is 36.8 Å². The molecule has 1 saturated heterocycles. The van der Waals surface area contributed by atoms with E-state index in [0.29, 0.717) is 6.54 Å². The second-order valence-electron chi connectivity index (χ2n) is 6.43. The number of rotatable bonds is 4. The van der Waals surface area contributed by atoms with E-state index in [-0.39, 0.29) is 11.6 Å². The van der Waals surface area contributed by atoms with Crippen LogP contribution in [0.3, 0.4) is 0 Å². The average Bonchev–Trinajstić information content (AvgIpc) is 2.58. The molecule has 0 spiro atoms. The third kappa shape index (κ3) is 4.71. The molecule has 0 bridgehead atoms. The number of anilines is 2. The first kappa shape index (κ1) is 17.7. The van der Waals surface area contributed by atoms with E-state index in [0.717, 1.165) is 42.5 Å². The number of aryl methyl sites for hydroxylation is 1. The highest BCUT2D eigenvalue weighted by Gasteiger charge is 2.22. The van der Waals surface area contributed by atoms with E-state index < -0.39 is 5.82 Å². The molecular formula is C19H22ClFN3O+. The molecule has 0 radical (unpaired) electrons. The van der Waals surface area contributed by atoms with E-state index in [1.807, 2.05) is 31.2 Å². The molecule has 3 rings (SSSR count). The summed E-state index contributed by atoms with van der Waals surface area (Å²) < 4.78 is 13.8. The highest BCUT2D eigenvalue weighted by atomic mass is 35.5. The Morgan fingerprint density at radius 2 is 2.00 bits per heavy atom. The van der Waals surface area contributed by atoms with Gasteiger partial charge < -0.3 is 15.1 Å². The van der Waals surface area contributed by atoms with E-state index >= 15 is 0 Å². The first-order valence-electron chi connectivity index (χ1n) is 8.41. The Bertz CT molecular complexity index is 760. The van der Waals surface area contributed by atoms with E-state index in [9.17, 15) is 9.18 Å². The molecule has 4 nitrogen and oxygen atoms in total. The van der Waals surface area contributed by atoms with Crippen LogP contribution >= 0.6 is 11.6 Å². The van der Waals surface area contributed by atoms with Gasteiger partial charge >= 0.3 is 0 Å². The van der Waals surface area contributed by atoms with Crippen molar-refractivity contribution >= 4 is 28.9 Å². The van der Waals surface area contributed by atoms with Crippen LogP contribution in [0.1, 0.15) is 5.56 Å². The summed E-state index contributed by atoms with van der Waals surface area (Å²) in [5.74, 6) is -0.553. The summed E-state index contributed by atoms with van der Waals surface area (Å²) in [5, 5.41) is 3.40. The number of halogens is 2.